The molecule has 3 aromatic rings. The van der Waals surface area contributed by atoms with Crippen LogP contribution in [0.2, 0.25) is 0 Å². The summed E-state index contributed by atoms with van der Waals surface area (Å²) >= 11 is 0. The summed E-state index contributed by atoms with van der Waals surface area (Å²) in [5.74, 6) is -0.0808. The van der Waals surface area contributed by atoms with Crippen molar-refractivity contribution in [2.45, 2.75) is 50.5 Å². The Balaban J connectivity index is 1.40. The van der Waals surface area contributed by atoms with E-state index in [2.05, 4.69) is 10.3 Å². The fourth-order valence-corrected chi connectivity index (χ4v) is 5.27. The van der Waals surface area contributed by atoms with E-state index in [1.807, 2.05) is 70.1 Å². The van der Waals surface area contributed by atoms with Gasteiger partial charge in [0.05, 0.1) is 43.4 Å². The van der Waals surface area contributed by atoms with Crippen molar-refractivity contribution in [3.63, 3.8) is 0 Å². The highest BCUT2D eigenvalue weighted by atomic mass is 16.5. The van der Waals surface area contributed by atoms with Crippen LogP contribution in [0.3, 0.4) is 0 Å². The summed E-state index contributed by atoms with van der Waals surface area (Å²) in [5.41, 5.74) is 3.30. The topological polar surface area (TPSA) is 79.6 Å². The molecule has 3 atom stereocenters. The van der Waals surface area contributed by atoms with Gasteiger partial charge in [0.2, 0.25) is 0 Å². The molecule has 1 aliphatic heterocycles. The van der Waals surface area contributed by atoms with E-state index in [-0.39, 0.29) is 18.0 Å². The van der Waals surface area contributed by atoms with E-state index in [1.54, 1.807) is 6.33 Å². The Labute approximate surface area is 206 Å². The van der Waals surface area contributed by atoms with Gasteiger partial charge in [0.25, 0.3) is 5.91 Å². The third kappa shape index (κ3) is 5.32. The number of carbonyl (C=O) groups excluding carboxylic acids is 1. The summed E-state index contributed by atoms with van der Waals surface area (Å²) in [7, 11) is 0. The number of nitrogens with zero attached hydrogens (tertiary/aromatic N) is 3. The average Bonchev–Trinajstić information content (AvgIpc) is 3.35. The molecule has 5 rings (SSSR count). The molecule has 1 saturated carbocycles. The Morgan fingerprint density at radius 3 is 2.57 bits per heavy atom. The molecule has 2 aromatic carbocycles. The van der Waals surface area contributed by atoms with Gasteiger partial charge in [0.1, 0.15) is 0 Å². The highest BCUT2D eigenvalue weighted by molar-refractivity contribution is 5.98. The molecule has 1 aliphatic carbocycles. The second kappa shape index (κ2) is 11.2. The van der Waals surface area contributed by atoms with Crippen molar-refractivity contribution in [2.24, 2.45) is 0 Å². The number of benzene rings is 2. The van der Waals surface area contributed by atoms with E-state index in [1.165, 1.54) is 0 Å². The van der Waals surface area contributed by atoms with Crippen LogP contribution in [0, 0.1) is 0 Å². The quantitative estimate of drug-likeness (QED) is 0.546. The van der Waals surface area contributed by atoms with Gasteiger partial charge >= 0.3 is 0 Å². The fraction of sp³-hybridized carbons (Fsp3) is 0.429. The minimum atomic E-state index is -0.429. The van der Waals surface area contributed by atoms with Gasteiger partial charge in [-0.1, -0.05) is 73.5 Å². The lowest BCUT2D eigenvalue weighted by Crippen LogP contribution is -2.55. The number of ether oxygens (including phenoxy) is 1. The minimum Gasteiger partial charge on any atom is -0.391 e. The zero-order valence-electron chi connectivity index (χ0n) is 20.1. The van der Waals surface area contributed by atoms with Crippen molar-refractivity contribution in [1.29, 1.82) is 0 Å². The molecule has 7 nitrogen and oxygen atoms in total. The molecule has 1 amide bonds. The van der Waals surface area contributed by atoms with Crippen molar-refractivity contribution in [3.8, 4) is 11.3 Å². The number of hydrogen-bond acceptors (Lipinski definition) is 5. The number of hydrogen-bond donors (Lipinski definition) is 2. The standard InChI is InChI=1S/C28H34N4O3/c33-25-14-8-7-13-24(25)32-20-30-26(27(32)22-11-5-2-6-12-22)28(34)31-16-15-29-17-23(31)19-35-18-21-9-3-1-4-10-21/h1-6,9-12,20,23-25,29,33H,7-8,13-19H2/t23-,24-,25-/m0/s1. The Morgan fingerprint density at radius 2 is 1.80 bits per heavy atom. The molecular weight excluding hydrogens is 440 g/mol. The molecule has 0 unspecified atom stereocenters. The number of amides is 1. The predicted octanol–water partition coefficient (Wildman–Crippen LogP) is 3.66. The third-order valence-electron chi connectivity index (χ3n) is 7.13. The molecule has 1 saturated heterocycles. The Kier molecular flexibility index (Phi) is 7.57. The summed E-state index contributed by atoms with van der Waals surface area (Å²) in [6.07, 6.45) is 5.08. The molecule has 1 aromatic heterocycles. The fourth-order valence-electron chi connectivity index (χ4n) is 5.27. The first-order chi connectivity index (χ1) is 17.2. The minimum absolute atomic E-state index is 0.0685. The van der Waals surface area contributed by atoms with Crippen LogP contribution in [-0.4, -0.2) is 63.9 Å². The molecular formula is C28H34N4O3. The lowest BCUT2D eigenvalue weighted by molar-refractivity contribution is 0.0310. The maximum absolute atomic E-state index is 13.9. The Bertz CT molecular complexity index is 1100. The van der Waals surface area contributed by atoms with Gasteiger partial charge < -0.3 is 24.6 Å². The van der Waals surface area contributed by atoms with E-state index in [0.717, 1.165) is 49.0 Å². The molecule has 2 heterocycles. The number of aliphatic hydroxyl groups is 1. The highest BCUT2D eigenvalue weighted by Crippen LogP contribution is 2.35. The van der Waals surface area contributed by atoms with E-state index in [0.29, 0.717) is 32.0 Å². The van der Waals surface area contributed by atoms with Gasteiger partial charge in [-0.15, -0.1) is 0 Å². The summed E-state index contributed by atoms with van der Waals surface area (Å²) in [6, 6.07) is 19.9. The van der Waals surface area contributed by atoms with Crippen LogP contribution < -0.4 is 5.32 Å². The van der Waals surface area contributed by atoms with E-state index in [4.69, 9.17) is 4.74 Å². The Morgan fingerprint density at radius 1 is 1.06 bits per heavy atom. The van der Waals surface area contributed by atoms with Crippen molar-refractivity contribution < 1.29 is 14.6 Å². The molecule has 0 bridgehead atoms. The van der Waals surface area contributed by atoms with Crippen molar-refractivity contribution in [2.75, 3.05) is 26.2 Å². The van der Waals surface area contributed by atoms with Crippen LogP contribution >= 0.6 is 0 Å². The second-order valence-corrected chi connectivity index (χ2v) is 9.49. The smallest absolute Gasteiger partial charge is 0.275 e. The van der Waals surface area contributed by atoms with E-state index < -0.39 is 6.10 Å². The van der Waals surface area contributed by atoms with Crippen LogP contribution in [-0.2, 0) is 11.3 Å². The predicted molar refractivity (Wildman–Crippen MR) is 135 cm³/mol. The molecule has 7 heteroatoms. The van der Waals surface area contributed by atoms with E-state index in [9.17, 15) is 9.90 Å². The Hall–Kier alpha value is -3.00. The monoisotopic (exact) mass is 474 g/mol. The SMILES string of the molecule is O=C(c1ncn([C@H]2CCCC[C@@H]2O)c1-c1ccccc1)N1CCNC[C@H]1COCc1ccccc1. The van der Waals surface area contributed by atoms with Gasteiger partial charge in [-0.3, -0.25) is 4.79 Å². The molecule has 0 radical (unpaired) electrons. The van der Waals surface area contributed by atoms with Gasteiger partial charge in [-0.05, 0) is 18.4 Å². The number of aromatic nitrogens is 2. The summed E-state index contributed by atoms with van der Waals surface area (Å²) < 4.78 is 8.05. The van der Waals surface area contributed by atoms with Crippen LogP contribution in [0.1, 0.15) is 47.8 Å². The van der Waals surface area contributed by atoms with Crippen LogP contribution in [0.5, 0.6) is 0 Å². The maximum atomic E-state index is 13.9. The third-order valence-corrected chi connectivity index (χ3v) is 7.13. The molecule has 35 heavy (non-hydrogen) atoms. The first kappa shape index (κ1) is 23.7. The molecule has 0 spiro atoms. The first-order valence-electron chi connectivity index (χ1n) is 12.7. The van der Waals surface area contributed by atoms with Crippen LogP contribution in [0.15, 0.2) is 67.0 Å². The first-order valence-corrected chi connectivity index (χ1v) is 12.7. The summed E-state index contributed by atoms with van der Waals surface area (Å²) in [4.78, 5) is 20.5. The summed E-state index contributed by atoms with van der Waals surface area (Å²) in [6.45, 7) is 3.00. The number of carbonyl (C=O) groups is 1. The van der Waals surface area contributed by atoms with Crippen molar-refractivity contribution >= 4 is 5.91 Å². The van der Waals surface area contributed by atoms with Gasteiger partial charge in [0.15, 0.2) is 5.69 Å². The van der Waals surface area contributed by atoms with Gasteiger partial charge in [-0.25, -0.2) is 4.98 Å². The second-order valence-electron chi connectivity index (χ2n) is 9.49. The lowest BCUT2D eigenvalue weighted by atomic mass is 9.92. The van der Waals surface area contributed by atoms with Crippen molar-refractivity contribution in [1.82, 2.24) is 19.8 Å². The van der Waals surface area contributed by atoms with E-state index >= 15 is 0 Å². The van der Waals surface area contributed by atoms with Crippen molar-refractivity contribution in [3.05, 3.63) is 78.2 Å². The van der Waals surface area contributed by atoms with Crippen LogP contribution in [0.25, 0.3) is 11.3 Å². The highest BCUT2D eigenvalue weighted by Gasteiger charge is 2.34. The molecule has 2 aliphatic rings. The number of imidazole rings is 1. The number of piperazine rings is 1. The average molecular weight is 475 g/mol. The largest absolute Gasteiger partial charge is 0.391 e. The number of aliphatic hydroxyl groups excluding tert-OH is 1. The lowest BCUT2D eigenvalue weighted by Gasteiger charge is -2.36. The normalized spacial score (nSPS) is 22.8. The zero-order chi connectivity index (χ0) is 24.0. The molecule has 184 valence electrons. The number of rotatable bonds is 7. The van der Waals surface area contributed by atoms with Gasteiger partial charge in [0, 0.05) is 25.2 Å². The molecule has 2 fully saturated rings. The zero-order valence-corrected chi connectivity index (χ0v) is 20.1. The number of nitrogens with one attached hydrogen (secondary N) is 1. The summed E-state index contributed by atoms with van der Waals surface area (Å²) in [5, 5.41) is 14.2. The maximum Gasteiger partial charge on any atom is 0.275 e. The van der Waals surface area contributed by atoms with Crippen LogP contribution in [0.4, 0.5) is 0 Å². The molecule has 2 N–H and O–H groups in total. The van der Waals surface area contributed by atoms with Gasteiger partial charge in [-0.2, -0.15) is 0 Å².